The van der Waals surface area contributed by atoms with Crippen LogP contribution in [0.2, 0.25) is 5.02 Å². The summed E-state index contributed by atoms with van der Waals surface area (Å²) in [6.07, 6.45) is 7.03. The number of halogens is 1. The molecule has 1 saturated heterocycles. The van der Waals surface area contributed by atoms with Gasteiger partial charge in [0.2, 0.25) is 5.91 Å². The van der Waals surface area contributed by atoms with E-state index in [-0.39, 0.29) is 31.6 Å². The van der Waals surface area contributed by atoms with E-state index in [1.165, 1.54) is 11.8 Å². The second-order valence-electron chi connectivity index (χ2n) is 15.0. The number of rotatable bonds is 18. The summed E-state index contributed by atoms with van der Waals surface area (Å²) in [7, 11) is 0. The molecule has 60 heavy (non-hydrogen) atoms. The van der Waals surface area contributed by atoms with Gasteiger partial charge in [-0.1, -0.05) is 60.1 Å². The first kappa shape index (κ1) is 41.8. The van der Waals surface area contributed by atoms with Crippen LogP contribution in [0.1, 0.15) is 64.6 Å². The monoisotopic (exact) mass is 822 g/mol. The second kappa shape index (κ2) is 19.6. The third-order valence-electron chi connectivity index (χ3n) is 10.9. The Morgan fingerprint density at radius 2 is 1.68 bits per heavy atom. The molecule has 306 valence electrons. The Morgan fingerprint density at radius 3 is 2.48 bits per heavy atom. The maximum Gasteiger partial charge on any atom is 0.303 e. The summed E-state index contributed by atoms with van der Waals surface area (Å²) in [6.45, 7) is 7.05. The first-order valence-corrected chi connectivity index (χ1v) is 20.5. The van der Waals surface area contributed by atoms with Gasteiger partial charge < -0.3 is 30.5 Å². The van der Waals surface area contributed by atoms with Gasteiger partial charge in [0.15, 0.2) is 0 Å². The zero-order valence-electron chi connectivity index (χ0n) is 33.7. The number of hydrogen-bond donors (Lipinski definition) is 4. The number of aromatic nitrogens is 2. The second-order valence-corrected chi connectivity index (χ2v) is 15.4. The summed E-state index contributed by atoms with van der Waals surface area (Å²) in [4.78, 5) is 31.4. The topological polar surface area (TPSA) is 158 Å². The lowest BCUT2D eigenvalue weighted by molar-refractivity contribution is -0.137. The molecule has 11 nitrogen and oxygen atoms in total. The Bertz CT molecular complexity index is 2570. The van der Waals surface area contributed by atoms with E-state index < -0.39 is 5.97 Å². The Labute approximate surface area is 354 Å². The fourth-order valence-corrected chi connectivity index (χ4v) is 7.84. The maximum absolute atomic E-state index is 11.6. The minimum absolute atomic E-state index is 0.0743. The molecule has 0 saturated carbocycles. The lowest BCUT2D eigenvalue weighted by Crippen LogP contribution is -2.35. The summed E-state index contributed by atoms with van der Waals surface area (Å²) >= 11 is 6.81. The maximum atomic E-state index is 11.6. The molecule has 1 aliphatic heterocycles. The average molecular weight is 823 g/mol. The van der Waals surface area contributed by atoms with Gasteiger partial charge in [0.25, 0.3) is 0 Å². The van der Waals surface area contributed by atoms with Crippen molar-refractivity contribution in [2.24, 2.45) is 0 Å². The molecular formula is C48H47ClN6O5. The SMILES string of the molecule is Cc1c(COc2cc(OCc3cncc(C#N)c3)c(CNCCCC(=O)O)cc2Cl)cccc1-c1cccc(-c2ccc3c(CNCC4CCC(=O)N4)ccnc3c2)c1C. The first-order chi connectivity index (χ1) is 29.2. The van der Waals surface area contributed by atoms with E-state index >= 15 is 0 Å². The summed E-state index contributed by atoms with van der Waals surface area (Å²) in [5.74, 6) is 0.293. The first-order valence-electron chi connectivity index (χ1n) is 20.1. The van der Waals surface area contributed by atoms with Crippen molar-refractivity contribution >= 4 is 34.4 Å². The van der Waals surface area contributed by atoms with E-state index in [4.69, 9.17) is 31.2 Å². The molecule has 12 heteroatoms. The standard InChI is InChI=1S/C48H47ClN6O5/c1-30-36(29-60-46-21-45(59-28-33-18-32(22-50)23-52-24-33)37(19-43(46)49)26-51-16-5-10-48(57)58)6-3-8-40(30)41-9-4-7-39(31(41)2)34-11-13-42-35(15-17-54-44(42)20-34)25-53-27-38-12-14-47(56)55-38/h3-4,6-9,11,13,15,17-21,23-24,38,51,53H,5,10,12,14,16,25-29H2,1-2H3,(H,55,56)(H,57,58). The lowest BCUT2D eigenvalue weighted by Gasteiger charge is -2.18. The van der Waals surface area contributed by atoms with Crippen molar-refractivity contribution in [2.45, 2.75) is 71.9 Å². The fraction of sp³-hybridized carbons (Fsp3) is 0.271. The van der Waals surface area contributed by atoms with Crippen LogP contribution in [0.5, 0.6) is 11.5 Å². The largest absolute Gasteiger partial charge is 0.488 e. The third-order valence-corrected chi connectivity index (χ3v) is 11.2. The normalized spacial score (nSPS) is 13.6. The van der Waals surface area contributed by atoms with Gasteiger partial charge in [0, 0.05) is 79.7 Å². The van der Waals surface area contributed by atoms with Crippen molar-refractivity contribution in [2.75, 3.05) is 13.1 Å². The van der Waals surface area contributed by atoms with E-state index in [0.29, 0.717) is 54.6 Å². The van der Waals surface area contributed by atoms with Gasteiger partial charge in [-0.2, -0.15) is 5.26 Å². The van der Waals surface area contributed by atoms with Gasteiger partial charge >= 0.3 is 5.97 Å². The Kier molecular flexibility index (Phi) is 13.7. The van der Waals surface area contributed by atoms with Crippen LogP contribution >= 0.6 is 11.6 Å². The van der Waals surface area contributed by atoms with Crippen LogP contribution in [-0.2, 0) is 35.9 Å². The van der Waals surface area contributed by atoms with Gasteiger partial charge in [-0.25, -0.2) is 0 Å². The number of nitrogens with zero attached hydrogens (tertiary/aromatic N) is 3. The quantitative estimate of drug-likeness (QED) is 0.0619. The van der Waals surface area contributed by atoms with E-state index in [2.05, 4.69) is 89.4 Å². The van der Waals surface area contributed by atoms with Gasteiger partial charge in [0.05, 0.1) is 16.1 Å². The van der Waals surface area contributed by atoms with Gasteiger partial charge in [0.1, 0.15) is 30.8 Å². The van der Waals surface area contributed by atoms with Crippen molar-refractivity contribution < 1.29 is 24.2 Å². The molecular weight excluding hydrogens is 776 g/mol. The predicted octanol–water partition coefficient (Wildman–Crippen LogP) is 8.59. The van der Waals surface area contributed by atoms with Crippen LogP contribution in [0.25, 0.3) is 33.2 Å². The molecule has 7 rings (SSSR count). The number of fused-ring (bicyclic) bond motifs is 1. The highest BCUT2D eigenvalue weighted by Crippen LogP contribution is 2.37. The lowest BCUT2D eigenvalue weighted by atomic mass is 9.89. The van der Waals surface area contributed by atoms with Crippen LogP contribution in [0, 0.1) is 25.2 Å². The summed E-state index contributed by atoms with van der Waals surface area (Å²) < 4.78 is 12.6. The number of benzene rings is 4. The average Bonchev–Trinajstić information content (AvgIpc) is 3.67. The third kappa shape index (κ3) is 10.3. The number of carboxylic acids is 1. The number of carbonyl (C=O) groups excluding carboxylic acids is 1. The van der Waals surface area contributed by atoms with Gasteiger partial charge in [-0.3, -0.25) is 19.6 Å². The highest BCUT2D eigenvalue weighted by atomic mass is 35.5. The number of ether oxygens (including phenoxy) is 2. The molecule has 1 fully saturated rings. The number of carboxylic acid groups (broad SMARTS) is 1. The van der Waals surface area contributed by atoms with Crippen LogP contribution in [-0.4, -0.2) is 46.1 Å². The van der Waals surface area contributed by atoms with Crippen LogP contribution < -0.4 is 25.4 Å². The molecule has 1 aliphatic rings. The molecule has 1 atom stereocenters. The molecule has 3 heterocycles. The van der Waals surface area contributed by atoms with Crippen molar-refractivity contribution in [3.05, 3.63) is 141 Å². The molecule has 0 radical (unpaired) electrons. The number of nitrogens with one attached hydrogen (secondary N) is 3. The molecule has 0 spiro atoms. The van der Waals surface area contributed by atoms with E-state index in [0.717, 1.165) is 73.9 Å². The minimum atomic E-state index is -0.838. The molecule has 1 amide bonds. The Hall–Kier alpha value is -6.32. The number of aliphatic carboxylic acids is 1. The summed E-state index contributed by atoms with van der Waals surface area (Å²) in [5, 5.41) is 29.7. The van der Waals surface area contributed by atoms with Crippen molar-refractivity contribution in [3.63, 3.8) is 0 Å². The van der Waals surface area contributed by atoms with E-state index in [9.17, 15) is 14.9 Å². The van der Waals surface area contributed by atoms with Crippen LogP contribution in [0.4, 0.5) is 0 Å². The van der Waals surface area contributed by atoms with E-state index in [1.807, 2.05) is 18.3 Å². The minimum Gasteiger partial charge on any atom is -0.488 e. The van der Waals surface area contributed by atoms with Crippen LogP contribution in [0.3, 0.4) is 0 Å². The van der Waals surface area contributed by atoms with Crippen LogP contribution in [0.15, 0.2) is 97.5 Å². The molecule has 4 N–H and O–H groups in total. The molecule has 0 bridgehead atoms. The molecule has 1 unspecified atom stereocenters. The Balaban J connectivity index is 1.08. The zero-order valence-corrected chi connectivity index (χ0v) is 34.4. The highest BCUT2D eigenvalue weighted by Gasteiger charge is 2.20. The van der Waals surface area contributed by atoms with Crippen molar-refractivity contribution in [1.29, 1.82) is 5.26 Å². The number of carbonyl (C=O) groups is 2. The number of hydrogen-bond acceptors (Lipinski definition) is 9. The van der Waals surface area contributed by atoms with E-state index in [1.54, 1.807) is 24.4 Å². The predicted molar refractivity (Wildman–Crippen MR) is 233 cm³/mol. The van der Waals surface area contributed by atoms with Crippen molar-refractivity contribution in [3.8, 4) is 39.8 Å². The van der Waals surface area contributed by atoms with Crippen molar-refractivity contribution in [1.82, 2.24) is 25.9 Å². The smallest absolute Gasteiger partial charge is 0.303 e. The molecule has 2 aromatic heterocycles. The Morgan fingerprint density at radius 1 is 0.900 bits per heavy atom. The summed E-state index contributed by atoms with van der Waals surface area (Å²) in [6, 6.07) is 28.7. The number of pyridine rings is 2. The number of amides is 1. The highest BCUT2D eigenvalue weighted by molar-refractivity contribution is 6.32. The van der Waals surface area contributed by atoms with Gasteiger partial charge in [-0.15, -0.1) is 0 Å². The zero-order chi connectivity index (χ0) is 42.0. The summed E-state index contributed by atoms with van der Waals surface area (Å²) in [5.41, 5.74) is 11.8. The number of nitriles is 1. The molecule has 0 aliphatic carbocycles. The molecule has 6 aromatic rings. The fourth-order valence-electron chi connectivity index (χ4n) is 7.60. The molecule has 4 aromatic carbocycles. The van der Waals surface area contributed by atoms with Gasteiger partial charge in [-0.05, 0) is 102 Å².